The molecule has 1 aromatic heterocycles. The van der Waals surface area contributed by atoms with E-state index in [4.69, 9.17) is 0 Å². The van der Waals surface area contributed by atoms with E-state index in [9.17, 15) is 4.79 Å². The number of hydrogen-bond donors (Lipinski definition) is 2. The van der Waals surface area contributed by atoms with Crippen LogP contribution in [-0.2, 0) is 0 Å². The van der Waals surface area contributed by atoms with Gasteiger partial charge in [0.15, 0.2) is 0 Å². The number of aromatic nitrogens is 1. The van der Waals surface area contributed by atoms with Crippen molar-refractivity contribution in [1.82, 2.24) is 10.3 Å². The lowest BCUT2D eigenvalue weighted by Crippen LogP contribution is -2.46. The molecule has 1 aromatic rings. The maximum Gasteiger partial charge on any atom is 0.251 e. The molecule has 0 radical (unpaired) electrons. The zero-order chi connectivity index (χ0) is 15.7. The molecular weight excluding hydrogens is 262 g/mol. The Bertz CT molecular complexity index is 507. The molecule has 1 amide bonds. The quantitative estimate of drug-likeness (QED) is 0.896. The molecule has 4 nitrogen and oxygen atoms in total. The van der Waals surface area contributed by atoms with Crippen LogP contribution < -0.4 is 10.6 Å². The number of anilines is 1. The van der Waals surface area contributed by atoms with Gasteiger partial charge < -0.3 is 10.6 Å². The van der Waals surface area contributed by atoms with Gasteiger partial charge in [-0.25, -0.2) is 4.98 Å². The maximum atomic E-state index is 12.4. The predicted octanol–water partition coefficient (Wildman–Crippen LogP) is 3.46. The summed E-state index contributed by atoms with van der Waals surface area (Å²) in [5.74, 6) is 0.708. The fourth-order valence-electron chi connectivity index (χ4n) is 3.93. The van der Waals surface area contributed by atoms with E-state index < -0.39 is 0 Å². The van der Waals surface area contributed by atoms with Crippen molar-refractivity contribution in [3.8, 4) is 0 Å². The summed E-state index contributed by atoms with van der Waals surface area (Å²) in [5, 5.41) is 6.16. The third kappa shape index (κ3) is 4.19. The first-order valence-corrected chi connectivity index (χ1v) is 7.65. The summed E-state index contributed by atoms with van der Waals surface area (Å²) in [6, 6.07) is 3.78. The van der Waals surface area contributed by atoms with Crippen molar-refractivity contribution in [2.75, 3.05) is 12.4 Å². The number of carbonyl (C=O) groups is 1. The molecule has 0 saturated heterocycles. The summed E-state index contributed by atoms with van der Waals surface area (Å²) in [6.45, 7) is 9.16. The van der Waals surface area contributed by atoms with Crippen LogP contribution in [0.3, 0.4) is 0 Å². The van der Waals surface area contributed by atoms with Crippen LogP contribution in [0.4, 0.5) is 5.82 Å². The highest BCUT2D eigenvalue weighted by Crippen LogP contribution is 2.45. The number of amides is 1. The van der Waals surface area contributed by atoms with E-state index in [1.807, 2.05) is 0 Å². The van der Waals surface area contributed by atoms with Gasteiger partial charge in [-0.1, -0.05) is 27.7 Å². The molecule has 0 spiro atoms. The van der Waals surface area contributed by atoms with Crippen LogP contribution in [0.2, 0.25) is 0 Å². The van der Waals surface area contributed by atoms with Crippen molar-refractivity contribution < 1.29 is 4.79 Å². The van der Waals surface area contributed by atoms with Gasteiger partial charge in [-0.05, 0) is 42.2 Å². The van der Waals surface area contributed by atoms with Crippen molar-refractivity contribution in [1.29, 1.82) is 0 Å². The molecule has 0 unspecified atom stereocenters. The summed E-state index contributed by atoms with van der Waals surface area (Å²) in [4.78, 5) is 16.6. The molecule has 4 heteroatoms. The lowest BCUT2D eigenvalue weighted by atomic mass is 9.63. The summed E-state index contributed by atoms with van der Waals surface area (Å²) in [5.41, 5.74) is 1.21. The monoisotopic (exact) mass is 289 g/mol. The van der Waals surface area contributed by atoms with Gasteiger partial charge >= 0.3 is 0 Å². The molecule has 116 valence electrons. The molecule has 0 bridgehead atoms. The second kappa shape index (κ2) is 5.66. The lowest BCUT2D eigenvalue weighted by Gasteiger charge is -2.45. The van der Waals surface area contributed by atoms with Crippen LogP contribution in [0.25, 0.3) is 0 Å². The van der Waals surface area contributed by atoms with Gasteiger partial charge in [0.05, 0.1) is 0 Å². The van der Waals surface area contributed by atoms with Crippen molar-refractivity contribution in [3.63, 3.8) is 0 Å². The zero-order valence-electron chi connectivity index (χ0n) is 13.8. The van der Waals surface area contributed by atoms with E-state index >= 15 is 0 Å². The second-order valence-corrected chi connectivity index (χ2v) is 7.76. The van der Waals surface area contributed by atoms with Crippen LogP contribution >= 0.6 is 0 Å². The van der Waals surface area contributed by atoms with Crippen molar-refractivity contribution >= 4 is 11.7 Å². The smallest absolute Gasteiger partial charge is 0.251 e. The van der Waals surface area contributed by atoms with E-state index in [2.05, 4.69) is 43.3 Å². The molecule has 2 N–H and O–H groups in total. The number of pyridine rings is 1. The van der Waals surface area contributed by atoms with Crippen LogP contribution in [0, 0.1) is 10.8 Å². The molecule has 2 rings (SSSR count). The van der Waals surface area contributed by atoms with Crippen molar-refractivity contribution in [2.24, 2.45) is 10.8 Å². The first-order chi connectivity index (χ1) is 9.71. The Balaban J connectivity index is 2.08. The largest absolute Gasteiger partial charge is 0.373 e. The predicted molar refractivity (Wildman–Crippen MR) is 86.5 cm³/mol. The first-order valence-electron chi connectivity index (χ1n) is 7.65. The van der Waals surface area contributed by atoms with Gasteiger partial charge in [0, 0.05) is 24.8 Å². The van der Waals surface area contributed by atoms with Crippen LogP contribution in [0.15, 0.2) is 18.3 Å². The normalized spacial score (nSPS) is 20.8. The third-order valence-electron chi connectivity index (χ3n) is 4.17. The van der Waals surface area contributed by atoms with Crippen molar-refractivity contribution in [2.45, 2.75) is 53.0 Å². The fourth-order valence-corrected chi connectivity index (χ4v) is 3.93. The average Bonchev–Trinajstić information content (AvgIpc) is 2.35. The average molecular weight is 289 g/mol. The molecule has 1 saturated carbocycles. The Labute approximate surface area is 127 Å². The highest BCUT2D eigenvalue weighted by Gasteiger charge is 2.38. The topological polar surface area (TPSA) is 54.0 Å². The van der Waals surface area contributed by atoms with Crippen molar-refractivity contribution in [3.05, 3.63) is 23.9 Å². The summed E-state index contributed by atoms with van der Waals surface area (Å²) < 4.78 is 0. The Morgan fingerprint density at radius 1 is 1.24 bits per heavy atom. The molecule has 1 fully saturated rings. The number of hydrogen-bond acceptors (Lipinski definition) is 3. The van der Waals surface area contributed by atoms with Crippen LogP contribution in [0.5, 0.6) is 0 Å². The Morgan fingerprint density at radius 3 is 2.43 bits per heavy atom. The fraction of sp³-hybridized carbons (Fsp3) is 0.647. The molecule has 0 aliphatic heterocycles. The van der Waals surface area contributed by atoms with Gasteiger partial charge in [0.2, 0.25) is 0 Å². The van der Waals surface area contributed by atoms with E-state index in [-0.39, 0.29) is 22.8 Å². The van der Waals surface area contributed by atoms with E-state index in [0.29, 0.717) is 11.4 Å². The minimum atomic E-state index is -0.00704. The van der Waals surface area contributed by atoms with Gasteiger partial charge in [-0.15, -0.1) is 0 Å². The van der Waals surface area contributed by atoms with E-state index in [1.54, 1.807) is 25.4 Å². The summed E-state index contributed by atoms with van der Waals surface area (Å²) >= 11 is 0. The van der Waals surface area contributed by atoms with Gasteiger partial charge in [-0.2, -0.15) is 0 Å². The van der Waals surface area contributed by atoms with Gasteiger partial charge in [0.25, 0.3) is 5.91 Å². The number of rotatable bonds is 3. The zero-order valence-corrected chi connectivity index (χ0v) is 13.8. The molecular formula is C17H27N3O. The molecule has 21 heavy (non-hydrogen) atoms. The molecule has 1 aliphatic carbocycles. The minimum Gasteiger partial charge on any atom is -0.373 e. The summed E-state index contributed by atoms with van der Waals surface area (Å²) in [7, 11) is 1.80. The number of carbonyl (C=O) groups excluding carboxylic acids is 1. The highest BCUT2D eigenvalue weighted by atomic mass is 16.1. The maximum absolute atomic E-state index is 12.4. The molecule has 1 heterocycles. The molecule has 0 aromatic carbocycles. The second-order valence-electron chi connectivity index (χ2n) is 7.76. The van der Waals surface area contributed by atoms with Gasteiger partial charge in [0.1, 0.15) is 5.82 Å². The Hall–Kier alpha value is -1.58. The van der Waals surface area contributed by atoms with Gasteiger partial charge in [-0.3, -0.25) is 4.79 Å². The van der Waals surface area contributed by atoms with Crippen LogP contribution in [0.1, 0.15) is 57.3 Å². The highest BCUT2D eigenvalue weighted by molar-refractivity contribution is 5.95. The van der Waals surface area contributed by atoms with E-state index in [0.717, 1.165) is 12.8 Å². The third-order valence-corrected chi connectivity index (χ3v) is 4.17. The molecule has 1 aliphatic rings. The standard InChI is InChI=1S/C17H27N3O/c1-16(2)9-13(10-17(3,4)11-16)20-15(21)12-6-7-19-14(8-12)18-5/h6-8,13H,9-11H2,1-5H3,(H,18,19)(H,20,21). The SMILES string of the molecule is CNc1cc(C(=O)NC2CC(C)(C)CC(C)(C)C2)ccn1. The van der Waals surface area contributed by atoms with E-state index in [1.165, 1.54) is 6.42 Å². The molecule has 0 atom stereocenters. The first kappa shape index (κ1) is 15.8. The minimum absolute atomic E-state index is 0.00704. The number of nitrogens with zero attached hydrogens (tertiary/aromatic N) is 1. The number of nitrogens with one attached hydrogen (secondary N) is 2. The van der Waals surface area contributed by atoms with Crippen LogP contribution in [-0.4, -0.2) is 24.0 Å². The summed E-state index contributed by atoms with van der Waals surface area (Å²) in [6.07, 6.45) is 4.93. The Morgan fingerprint density at radius 2 is 1.86 bits per heavy atom. The lowest BCUT2D eigenvalue weighted by molar-refractivity contribution is 0.0713. The Kier molecular flexibility index (Phi) is 4.26.